The number of rotatable bonds is 5. The Labute approximate surface area is 152 Å². The van der Waals surface area contributed by atoms with Crippen LogP contribution >= 0.6 is 11.3 Å². The zero-order chi connectivity index (χ0) is 17.8. The molecular formula is C21H22N2OS. The number of benzene rings is 2. The van der Waals surface area contributed by atoms with E-state index in [-0.39, 0.29) is 5.91 Å². The van der Waals surface area contributed by atoms with Crippen molar-refractivity contribution >= 4 is 33.0 Å². The quantitative estimate of drug-likeness (QED) is 0.603. The van der Waals surface area contributed by atoms with Crippen LogP contribution in [0.3, 0.4) is 0 Å². The third-order valence-electron chi connectivity index (χ3n) is 4.19. The van der Waals surface area contributed by atoms with Crippen molar-refractivity contribution < 1.29 is 4.79 Å². The van der Waals surface area contributed by atoms with Crippen molar-refractivity contribution in [2.24, 2.45) is 0 Å². The lowest BCUT2D eigenvalue weighted by Gasteiger charge is -2.14. The van der Waals surface area contributed by atoms with Gasteiger partial charge in [-0.15, -0.1) is 11.3 Å². The van der Waals surface area contributed by atoms with Gasteiger partial charge in [-0.25, -0.2) is 4.98 Å². The van der Waals surface area contributed by atoms with Gasteiger partial charge in [0.2, 0.25) is 5.91 Å². The summed E-state index contributed by atoms with van der Waals surface area (Å²) in [6, 6.07) is 16.4. The molecule has 0 saturated carbocycles. The number of fused-ring (bicyclic) bond motifs is 1. The lowest BCUT2D eigenvalue weighted by molar-refractivity contribution is -0.125. The lowest BCUT2D eigenvalue weighted by Crippen LogP contribution is -2.24. The van der Waals surface area contributed by atoms with Crippen LogP contribution in [0.2, 0.25) is 0 Å². The first-order valence-electron chi connectivity index (χ1n) is 8.44. The summed E-state index contributed by atoms with van der Waals surface area (Å²) in [7, 11) is 1.83. The average molecular weight is 350 g/mol. The fraction of sp³-hybridized carbons (Fsp3) is 0.238. The minimum Gasteiger partial charge on any atom is -0.335 e. The van der Waals surface area contributed by atoms with Crippen LogP contribution in [0.5, 0.6) is 0 Å². The van der Waals surface area contributed by atoms with E-state index in [0.29, 0.717) is 6.54 Å². The van der Waals surface area contributed by atoms with Crippen LogP contribution in [0, 0.1) is 6.92 Å². The molecule has 0 spiro atoms. The summed E-state index contributed by atoms with van der Waals surface area (Å²) in [6.45, 7) is 4.67. The molecule has 4 heteroatoms. The number of carbonyl (C=O) groups excluding carboxylic acids is 1. The first kappa shape index (κ1) is 17.4. The second-order valence-electron chi connectivity index (χ2n) is 6.16. The summed E-state index contributed by atoms with van der Waals surface area (Å²) >= 11 is 1.64. The normalized spacial score (nSPS) is 11.7. The minimum absolute atomic E-state index is 0.0108. The van der Waals surface area contributed by atoms with E-state index < -0.39 is 0 Å². The van der Waals surface area contributed by atoms with E-state index in [9.17, 15) is 4.79 Å². The van der Waals surface area contributed by atoms with E-state index in [2.05, 4.69) is 49.2 Å². The third kappa shape index (κ3) is 4.15. The van der Waals surface area contributed by atoms with Gasteiger partial charge in [-0.1, -0.05) is 48.9 Å². The van der Waals surface area contributed by atoms with Gasteiger partial charge in [0.25, 0.3) is 0 Å². The van der Waals surface area contributed by atoms with Gasteiger partial charge in [0.05, 0.1) is 16.8 Å². The topological polar surface area (TPSA) is 33.2 Å². The molecule has 3 nitrogen and oxygen atoms in total. The maximum Gasteiger partial charge on any atom is 0.246 e. The molecule has 25 heavy (non-hydrogen) atoms. The fourth-order valence-electron chi connectivity index (χ4n) is 2.68. The number of nitrogens with zero attached hydrogens (tertiary/aromatic N) is 2. The highest BCUT2D eigenvalue weighted by Gasteiger charge is 2.12. The van der Waals surface area contributed by atoms with Crippen molar-refractivity contribution in [1.29, 1.82) is 0 Å². The number of allylic oxidation sites excluding steroid dienone is 1. The number of aryl methyl sites for hydroxylation is 1. The first-order chi connectivity index (χ1) is 12.1. The molecule has 0 aliphatic carbocycles. The molecule has 0 radical (unpaired) electrons. The Kier molecular flexibility index (Phi) is 5.29. The van der Waals surface area contributed by atoms with Crippen LogP contribution in [0.15, 0.2) is 54.6 Å². The molecule has 1 amide bonds. The highest BCUT2D eigenvalue weighted by Crippen LogP contribution is 2.23. The standard InChI is InChI=1S/C21H22N2OS/c1-4-16(17-11-9-15(2)10-12-17)13-21(24)23(3)14-20-22-18-7-5-6-8-19(18)25-20/h5-13H,4,14H2,1-3H3. The Morgan fingerprint density at radius 2 is 1.88 bits per heavy atom. The maximum atomic E-state index is 12.6. The first-order valence-corrected chi connectivity index (χ1v) is 9.25. The lowest BCUT2D eigenvalue weighted by atomic mass is 10.0. The van der Waals surface area contributed by atoms with Gasteiger partial charge in [-0.05, 0) is 36.6 Å². The van der Waals surface area contributed by atoms with Crippen molar-refractivity contribution in [2.45, 2.75) is 26.8 Å². The third-order valence-corrected chi connectivity index (χ3v) is 5.21. The van der Waals surface area contributed by atoms with E-state index in [1.807, 2.05) is 25.2 Å². The molecule has 3 rings (SSSR count). The van der Waals surface area contributed by atoms with Gasteiger partial charge in [0.1, 0.15) is 5.01 Å². The Morgan fingerprint density at radius 1 is 1.16 bits per heavy atom. The number of hydrogen-bond donors (Lipinski definition) is 0. The number of amides is 1. The molecule has 0 saturated heterocycles. The smallest absolute Gasteiger partial charge is 0.246 e. The molecule has 1 heterocycles. The molecule has 0 N–H and O–H groups in total. The Bertz CT molecular complexity index is 876. The largest absolute Gasteiger partial charge is 0.335 e. The van der Waals surface area contributed by atoms with Crippen LogP contribution in [0.1, 0.15) is 29.5 Å². The van der Waals surface area contributed by atoms with Crippen molar-refractivity contribution in [3.8, 4) is 0 Å². The van der Waals surface area contributed by atoms with Gasteiger partial charge in [-0.2, -0.15) is 0 Å². The molecule has 0 unspecified atom stereocenters. The number of thiazole rings is 1. The van der Waals surface area contributed by atoms with E-state index in [0.717, 1.165) is 32.8 Å². The molecule has 1 aromatic heterocycles. The van der Waals surface area contributed by atoms with E-state index in [1.165, 1.54) is 5.56 Å². The van der Waals surface area contributed by atoms with Crippen LogP contribution < -0.4 is 0 Å². The average Bonchev–Trinajstić information content (AvgIpc) is 3.02. The van der Waals surface area contributed by atoms with Crippen molar-refractivity contribution in [3.05, 3.63) is 70.7 Å². The number of likely N-dealkylation sites (N-methyl/N-ethyl adjacent to an activating group) is 1. The SMILES string of the molecule is CCC(=CC(=O)N(C)Cc1nc2ccccc2s1)c1ccc(C)cc1. The van der Waals surface area contributed by atoms with E-state index in [4.69, 9.17) is 0 Å². The van der Waals surface area contributed by atoms with Gasteiger partial charge in [-0.3, -0.25) is 4.79 Å². The van der Waals surface area contributed by atoms with Crippen LogP contribution in [0.25, 0.3) is 15.8 Å². The molecule has 128 valence electrons. The molecule has 0 aliphatic heterocycles. The van der Waals surface area contributed by atoms with E-state index in [1.54, 1.807) is 22.3 Å². The Morgan fingerprint density at radius 3 is 2.56 bits per heavy atom. The zero-order valence-electron chi connectivity index (χ0n) is 14.8. The number of hydrogen-bond acceptors (Lipinski definition) is 3. The number of aromatic nitrogens is 1. The Balaban J connectivity index is 1.75. The minimum atomic E-state index is 0.0108. The summed E-state index contributed by atoms with van der Waals surface area (Å²) in [4.78, 5) is 18.9. The van der Waals surface area contributed by atoms with Gasteiger partial charge in [0, 0.05) is 13.1 Å². The second-order valence-corrected chi connectivity index (χ2v) is 7.27. The van der Waals surface area contributed by atoms with Crippen molar-refractivity contribution in [1.82, 2.24) is 9.88 Å². The van der Waals surface area contributed by atoms with Gasteiger partial charge in [0.15, 0.2) is 0 Å². The summed E-state index contributed by atoms with van der Waals surface area (Å²) in [6.07, 6.45) is 2.57. The molecule has 0 atom stereocenters. The summed E-state index contributed by atoms with van der Waals surface area (Å²) in [5.74, 6) is 0.0108. The van der Waals surface area contributed by atoms with Gasteiger partial charge >= 0.3 is 0 Å². The maximum absolute atomic E-state index is 12.6. The van der Waals surface area contributed by atoms with Crippen LogP contribution in [-0.4, -0.2) is 22.8 Å². The summed E-state index contributed by atoms with van der Waals surface area (Å²) < 4.78 is 1.16. The number of para-hydroxylation sites is 1. The second kappa shape index (κ2) is 7.62. The number of carbonyl (C=O) groups is 1. The molecule has 0 aliphatic rings. The van der Waals surface area contributed by atoms with Crippen LogP contribution in [0.4, 0.5) is 0 Å². The zero-order valence-corrected chi connectivity index (χ0v) is 15.6. The highest BCUT2D eigenvalue weighted by atomic mass is 32.1. The summed E-state index contributed by atoms with van der Waals surface area (Å²) in [5, 5.41) is 0.957. The predicted molar refractivity (Wildman–Crippen MR) is 106 cm³/mol. The highest BCUT2D eigenvalue weighted by molar-refractivity contribution is 7.18. The molecular weight excluding hydrogens is 328 g/mol. The van der Waals surface area contributed by atoms with Crippen molar-refractivity contribution in [3.63, 3.8) is 0 Å². The molecule has 0 fully saturated rings. The van der Waals surface area contributed by atoms with Gasteiger partial charge < -0.3 is 4.90 Å². The molecule has 0 bridgehead atoms. The van der Waals surface area contributed by atoms with Crippen molar-refractivity contribution in [2.75, 3.05) is 7.05 Å². The Hall–Kier alpha value is -2.46. The summed E-state index contributed by atoms with van der Waals surface area (Å²) in [5.41, 5.74) is 4.38. The van der Waals surface area contributed by atoms with Crippen LogP contribution in [-0.2, 0) is 11.3 Å². The molecule has 2 aromatic carbocycles. The van der Waals surface area contributed by atoms with E-state index >= 15 is 0 Å². The molecule has 3 aromatic rings. The fourth-order valence-corrected chi connectivity index (χ4v) is 3.71. The monoisotopic (exact) mass is 350 g/mol. The predicted octanol–water partition coefficient (Wildman–Crippen LogP) is 5.06.